The van der Waals surface area contributed by atoms with Gasteiger partial charge < -0.3 is 20.9 Å². The second-order valence-corrected chi connectivity index (χ2v) is 7.49. The van der Waals surface area contributed by atoms with E-state index in [-0.39, 0.29) is 36.4 Å². The van der Waals surface area contributed by atoms with Gasteiger partial charge in [0.15, 0.2) is 0 Å². The minimum Gasteiger partial charge on any atom is -0.384 e. The van der Waals surface area contributed by atoms with E-state index >= 15 is 0 Å². The summed E-state index contributed by atoms with van der Waals surface area (Å²) in [5.74, 6) is 0.775. The monoisotopic (exact) mass is 395 g/mol. The Hall–Kier alpha value is -3.23. The van der Waals surface area contributed by atoms with Crippen molar-refractivity contribution in [2.45, 2.75) is 38.4 Å². The maximum atomic E-state index is 12.9. The molecule has 9 nitrogen and oxygen atoms in total. The number of piperazine rings is 1. The maximum absolute atomic E-state index is 12.9. The zero-order valence-corrected chi connectivity index (χ0v) is 16.4. The van der Waals surface area contributed by atoms with Crippen LogP contribution in [0.4, 0.5) is 11.6 Å². The average Bonchev–Trinajstić information content (AvgIpc) is 3.12. The fourth-order valence-corrected chi connectivity index (χ4v) is 4.43. The number of aromatic nitrogens is 3. The normalized spacial score (nSPS) is 23.8. The summed E-state index contributed by atoms with van der Waals surface area (Å²) in [7, 11) is 0. The van der Waals surface area contributed by atoms with Crippen LogP contribution in [-0.2, 0) is 16.1 Å². The molecule has 4 rings (SSSR count). The van der Waals surface area contributed by atoms with Crippen molar-refractivity contribution in [2.24, 2.45) is 5.92 Å². The lowest BCUT2D eigenvalue weighted by Gasteiger charge is -2.40. The molecule has 2 aliphatic rings. The Bertz CT molecular complexity index is 891. The highest BCUT2D eigenvalue weighted by molar-refractivity contribution is 5.86. The number of hydrogen-bond donors (Lipinski definition) is 2. The van der Waals surface area contributed by atoms with E-state index in [2.05, 4.69) is 20.3 Å². The smallest absolute Gasteiger partial charge is 0.242 e. The molecule has 0 saturated carbocycles. The summed E-state index contributed by atoms with van der Waals surface area (Å²) in [5, 5.41) is 2.99. The molecule has 0 aliphatic carbocycles. The number of pyridine rings is 1. The molecule has 2 aromatic heterocycles. The average molecular weight is 395 g/mol. The van der Waals surface area contributed by atoms with E-state index in [0.29, 0.717) is 31.1 Å². The maximum Gasteiger partial charge on any atom is 0.242 e. The van der Waals surface area contributed by atoms with Gasteiger partial charge in [0.25, 0.3) is 0 Å². The first-order chi connectivity index (χ1) is 14.1. The molecule has 2 saturated heterocycles. The highest BCUT2D eigenvalue weighted by Crippen LogP contribution is 2.36. The van der Waals surface area contributed by atoms with Gasteiger partial charge in [-0.15, -0.1) is 0 Å². The fraction of sp³-hybridized carbons (Fsp3) is 0.450. The molecular formula is C20H25N7O2. The molecular weight excluding hydrogens is 370 g/mol. The third-order valence-corrected chi connectivity index (χ3v) is 5.71. The van der Waals surface area contributed by atoms with Crippen molar-refractivity contribution in [3.05, 3.63) is 42.5 Å². The Balaban J connectivity index is 1.46. The molecule has 29 heavy (non-hydrogen) atoms. The first-order valence-electron chi connectivity index (χ1n) is 9.88. The van der Waals surface area contributed by atoms with Gasteiger partial charge in [-0.05, 0) is 25.0 Å². The lowest BCUT2D eigenvalue weighted by molar-refractivity contribution is -0.135. The van der Waals surface area contributed by atoms with Gasteiger partial charge in [-0.3, -0.25) is 14.6 Å². The van der Waals surface area contributed by atoms with E-state index in [0.717, 1.165) is 12.1 Å². The summed E-state index contributed by atoms with van der Waals surface area (Å²) in [6.07, 6.45) is 4.48. The second kappa shape index (κ2) is 8.02. The summed E-state index contributed by atoms with van der Waals surface area (Å²) in [5.41, 5.74) is 6.58. The Labute approximate surface area is 169 Å². The van der Waals surface area contributed by atoms with Crippen molar-refractivity contribution in [3.8, 4) is 0 Å². The van der Waals surface area contributed by atoms with Gasteiger partial charge in [-0.1, -0.05) is 13.0 Å². The SMILES string of the molecule is CC[C@@H]1[C@H](C(=O)NCc2ccccn2)C[C@@H]2CN(c3cc(N)ncn3)CC(=O)N21. The number of anilines is 2. The molecule has 0 spiro atoms. The van der Waals surface area contributed by atoms with Crippen LogP contribution in [0.1, 0.15) is 25.5 Å². The van der Waals surface area contributed by atoms with Gasteiger partial charge in [-0.2, -0.15) is 0 Å². The van der Waals surface area contributed by atoms with Crippen LogP contribution in [0.3, 0.4) is 0 Å². The van der Waals surface area contributed by atoms with E-state index in [9.17, 15) is 9.59 Å². The Morgan fingerprint density at radius 3 is 2.90 bits per heavy atom. The third-order valence-electron chi connectivity index (χ3n) is 5.71. The number of nitrogens with one attached hydrogen (secondary N) is 1. The molecule has 0 aromatic carbocycles. The van der Waals surface area contributed by atoms with E-state index in [4.69, 9.17) is 5.73 Å². The molecule has 2 aromatic rings. The zero-order valence-electron chi connectivity index (χ0n) is 16.4. The standard InChI is InChI=1S/C20H25N7O2/c1-2-16-15(20(29)23-9-13-5-3-4-6-22-13)7-14-10-26(11-19(28)27(14)16)18-8-17(21)24-12-25-18/h3-6,8,12,14-16H,2,7,9-11H2,1H3,(H,23,29)(H2,21,24,25)/t14-,15-,16-/m1/s1. The van der Waals surface area contributed by atoms with Crippen LogP contribution in [0.5, 0.6) is 0 Å². The Morgan fingerprint density at radius 2 is 2.17 bits per heavy atom. The number of fused-ring (bicyclic) bond motifs is 1. The van der Waals surface area contributed by atoms with Crippen LogP contribution in [0.15, 0.2) is 36.8 Å². The second-order valence-electron chi connectivity index (χ2n) is 7.49. The number of nitrogen functional groups attached to an aromatic ring is 1. The fourth-order valence-electron chi connectivity index (χ4n) is 4.43. The van der Waals surface area contributed by atoms with E-state index in [1.807, 2.05) is 34.9 Å². The highest BCUT2D eigenvalue weighted by Gasteiger charge is 2.48. The number of hydrogen-bond acceptors (Lipinski definition) is 7. The van der Waals surface area contributed by atoms with Gasteiger partial charge in [-0.25, -0.2) is 9.97 Å². The Morgan fingerprint density at radius 1 is 1.31 bits per heavy atom. The van der Waals surface area contributed by atoms with Gasteiger partial charge in [0.2, 0.25) is 11.8 Å². The van der Waals surface area contributed by atoms with E-state index < -0.39 is 0 Å². The predicted molar refractivity (Wildman–Crippen MR) is 108 cm³/mol. The van der Waals surface area contributed by atoms with Crippen molar-refractivity contribution in [1.82, 2.24) is 25.2 Å². The zero-order chi connectivity index (χ0) is 20.4. The van der Waals surface area contributed by atoms with Crippen molar-refractivity contribution < 1.29 is 9.59 Å². The molecule has 9 heteroatoms. The summed E-state index contributed by atoms with van der Waals surface area (Å²) >= 11 is 0. The van der Waals surface area contributed by atoms with E-state index in [1.165, 1.54) is 6.33 Å². The summed E-state index contributed by atoms with van der Waals surface area (Å²) in [6, 6.07) is 7.18. The number of carbonyl (C=O) groups excluding carboxylic acids is 2. The minimum atomic E-state index is -0.229. The molecule has 152 valence electrons. The van der Waals surface area contributed by atoms with Crippen LogP contribution in [-0.4, -0.2) is 56.8 Å². The number of rotatable bonds is 5. The molecule has 0 unspecified atom stereocenters. The first-order valence-corrected chi connectivity index (χ1v) is 9.88. The van der Waals surface area contributed by atoms with Gasteiger partial charge in [0.05, 0.1) is 30.7 Å². The molecule has 2 fully saturated rings. The van der Waals surface area contributed by atoms with Crippen molar-refractivity contribution >= 4 is 23.5 Å². The highest BCUT2D eigenvalue weighted by atomic mass is 16.2. The largest absolute Gasteiger partial charge is 0.384 e. The van der Waals surface area contributed by atoms with Crippen LogP contribution < -0.4 is 16.0 Å². The molecule has 0 radical (unpaired) electrons. The minimum absolute atomic E-state index is 0.0188. The molecule has 0 bridgehead atoms. The number of amides is 2. The summed E-state index contributed by atoms with van der Waals surface area (Å²) < 4.78 is 0. The Kier molecular flexibility index (Phi) is 5.28. The predicted octanol–water partition coefficient (Wildman–Crippen LogP) is 0.586. The summed E-state index contributed by atoms with van der Waals surface area (Å²) in [6.45, 7) is 3.27. The summed E-state index contributed by atoms with van der Waals surface area (Å²) in [4.78, 5) is 42.1. The van der Waals surface area contributed by atoms with Crippen LogP contribution in [0.25, 0.3) is 0 Å². The van der Waals surface area contributed by atoms with Gasteiger partial charge in [0, 0.05) is 24.8 Å². The lowest BCUT2D eigenvalue weighted by Crippen LogP contribution is -2.56. The van der Waals surface area contributed by atoms with Crippen molar-refractivity contribution in [2.75, 3.05) is 23.7 Å². The third kappa shape index (κ3) is 3.85. The lowest BCUT2D eigenvalue weighted by atomic mass is 9.96. The quantitative estimate of drug-likeness (QED) is 0.761. The number of nitrogens with two attached hydrogens (primary N) is 1. The first kappa shape index (κ1) is 19.1. The number of carbonyl (C=O) groups is 2. The van der Waals surface area contributed by atoms with Gasteiger partial charge in [0.1, 0.15) is 18.0 Å². The van der Waals surface area contributed by atoms with Crippen LogP contribution in [0.2, 0.25) is 0 Å². The number of nitrogens with zero attached hydrogens (tertiary/aromatic N) is 5. The van der Waals surface area contributed by atoms with Crippen LogP contribution >= 0.6 is 0 Å². The van der Waals surface area contributed by atoms with Gasteiger partial charge >= 0.3 is 0 Å². The van der Waals surface area contributed by atoms with Crippen molar-refractivity contribution in [3.63, 3.8) is 0 Å². The molecule has 3 N–H and O–H groups in total. The topological polar surface area (TPSA) is 117 Å². The van der Waals surface area contributed by atoms with E-state index in [1.54, 1.807) is 12.3 Å². The molecule has 3 atom stereocenters. The molecule has 2 aliphatic heterocycles. The molecule has 4 heterocycles. The van der Waals surface area contributed by atoms with Crippen LogP contribution in [0, 0.1) is 5.92 Å². The molecule has 2 amide bonds. The van der Waals surface area contributed by atoms with Crippen molar-refractivity contribution in [1.29, 1.82) is 0 Å².